The van der Waals surface area contributed by atoms with E-state index in [4.69, 9.17) is 9.47 Å². The summed E-state index contributed by atoms with van der Waals surface area (Å²) in [6.07, 6.45) is 5.55. The Kier molecular flexibility index (Phi) is 6.62. The molecule has 0 atom stereocenters. The van der Waals surface area contributed by atoms with Gasteiger partial charge < -0.3 is 19.0 Å². The third-order valence-corrected chi connectivity index (χ3v) is 6.40. The van der Waals surface area contributed by atoms with Crippen LogP contribution in [0.2, 0.25) is 0 Å². The maximum absolute atomic E-state index is 12.0. The number of benzene rings is 2. The van der Waals surface area contributed by atoms with Crippen molar-refractivity contribution in [2.75, 3.05) is 19.7 Å². The number of fused-ring (bicyclic) bond motifs is 1. The summed E-state index contributed by atoms with van der Waals surface area (Å²) in [5, 5.41) is 0. The molecule has 0 saturated carbocycles. The molecule has 176 valence electrons. The molecule has 1 saturated heterocycles. The van der Waals surface area contributed by atoms with Gasteiger partial charge in [-0.3, -0.25) is 9.69 Å². The Labute approximate surface area is 199 Å². The molecule has 1 N–H and O–H groups in total. The second kappa shape index (κ2) is 10.1. The van der Waals surface area contributed by atoms with Crippen LogP contribution in [0.5, 0.6) is 11.5 Å². The van der Waals surface area contributed by atoms with Crippen LogP contribution in [0.1, 0.15) is 36.9 Å². The average Bonchev–Trinajstić information content (AvgIpc) is 3.30. The van der Waals surface area contributed by atoms with Crippen LogP contribution in [0.4, 0.5) is 0 Å². The molecule has 5 rings (SSSR count). The van der Waals surface area contributed by atoms with E-state index in [0.717, 1.165) is 55.1 Å². The molecule has 0 aliphatic carbocycles. The maximum atomic E-state index is 12.0. The number of rotatable bonds is 8. The Hall–Kier alpha value is -3.58. The predicted octanol–water partition coefficient (Wildman–Crippen LogP) is 4.54. The normalized spacial score (nSPS) is 15.0. The number of aromatic nitrogens is 3. The zero-order valence-electron chi connectivity index (χ0n) is 19.4. The molecule has 0 unspecified atom stereocenters. The number of hydrogen-bond acceptors (Lipinski definition) is 5. The smallest absolute Gasteiger partial charge is 0.276 e. The lowest BCUT2D eigenvalue weighted by atomic mass is 10.0. The molecule has 1 aliphatic rings. The zero-order chi connectivity index (χ0) is 23.3. The Bertz CT molecular complexity index is 1290. The Morgan fingerprint density at radius 1 is 1.00 bits per heavy atom. The van der Waals surface area contributed by atoms with Crippen LogP contribution in [0.3, 0.4) is 0 Å². The highest BCUT2D eigenvalue weighted by Gasteiger charge is 2.22. The standard InChI is InChI=1S/C27H30N4O3/c1-2-33-25-16-21(8-9-24(25)34-18-20-6-4-3-5-7-20)17-30-14-11-22(12-15-30)31-19-29-26-23(31)10-13-28-27(26)32/h3-10,13,16,19,22H,2,11-12,14-15,17-18H2,1H3,(H,28,32). The van der Waals surface area contributed by atoms with Gasteiger partial charge in [0.25, 0.3) is 5.56 Å². The van der Waals surface area contributed by atoms with E-state index >= 15 is 0 Å². The van der Waals surface area contributed by atoms with Crippen molar-refractivity contribution in [1.29, 1.82) is 0 Å². The molecule has 7 heteroatoms. The number of nitrogens with one attached hydrogen (secondary N) is 1. The fraction of sp³-hybridized carbons (Fsp3) is 0.333. The number of likely N-dealkylation sites (tertiary alicyclic amines) is 1. The summed E-state index contributed by atoms with van der Waals surface area (Å²) in [6, 6.07) is 18.7. The van der Waals surface area contributed by atoms with Crippen molar-refractivity contribution in [3.63, 3.8) is 0 Å². The van der Waals surface area contributed by atoms with E-state index < -0.39 is 0 Å². The summed E-state index contributed by atoms with van der Waals surface area (Å²) in [5.41, 5.74) is 3.65. The van der Waals surface area contributed by atoms with E-state index in [1.54, 1.807) is 6.20 Å². The summed E-state index contributed by atoms with van der Waals surface area (Å²) >= 11 is 0. The highest BCUT2D eigenvalue weighted by molar-refractivity contribution is 5.73. The lowest BCUT2D eigenvalue weighted by molar-refractivity contribution is 0.181. The van der Waals surface area contributed by atoms with Gasteiger partial charge in [-0.05, 0) is 49.1 Å². The quantitative estimate of drug-likeness (QED) is 0.420. The van der Waals surface area contributed by atoms with Gasteiger partial charge in [-0.1, -0.05) is 36.4 Å². The van der Waals surface area contributed by atoms with Crippen LogP contribution in [0.25, 0.3) is 11.0 Å². The van der Waals surface area contributed by atoms with E-state index in [-0.39, 0.29) is 5.56 Å². The maximum Gasteiger partial charge on any atom is 0.276 e. The molecule has 2 aromatic carbocycles. The van der Waals surface area contributed by atoms with Crippen LogP contribution in [-0.2, 0) is 13.2 Å². The van der Waals surface area contributed by atoms with Crippen molar-refractivity contribution < 1.29 is 9.47 Å². The number of hydrogen-bond donors (Lipinski definition) is 1. The summed E-state index contributed by atoms with van der Waals surface area (Å²) in [5.74, 6) is 1.57. The molecule has 34 heavy (non-hydrogen) atoms. The van der Waals surface area contributed by atoms with Crippen molar-refractivity contribution in [2.24, 2.45) is 0 Å². The van der Waals surface area contributed by atoms with Gasteiger partial charge in [0.1, 0.15) is 6.61 Å². The number of imidazole rings is 1. The molecular formula is C27H30N4O3. The van der Waals surface area contributed by atoms with Crippen LogP contribution < -0.4 is 15.0 Å². The van der Waals surface area contributed by atoms with Gasteiger partial charge >= 0.3 is 0 Å². The van der Waals surface area contributed by atoms with E-state index in [1.165, 1.54) is 5.56 Å². The summed E-state index contributed by atoms with van der Waals surface area (Å²) < 4.78 is 14.1. The van der Waals surface area contributed by atoms with Crippen LogP contribution in [0, 0.1) is 0 Å². The molecule has 1 aliphatic heterocycles. The van der Waals surface area contributed by atoms with Crippen molar-refractivity contribution in [2.45, 2.75) is 39.0 Å². The second-order valence-corrected chi connectivity index (χ2v) is 8.69. The van der Waals surface area contributed by atoms with Gasteiger partial charge in [0.05, 0.1) is 18.5 Å². The van der Waals surface area contributed by atoms with E-state index in [1.807, 2.05) is 43.6 Å². The third-order valence-electron chi connectivity index (χ3n) is 6.40. The van der Waals surface area contributed by atoms with Crippen molar-refractivity contribution in [3.8, 4) is 11.5 Å². The molecular weight excluding hydrogens is 428 g/mol. The van der Waals surface area contributed by atoms with Gasteiger partial charge in [-0.2, -0.15) is 0 Å². The summed E-state index contributed by atoms with van der Waals surface area (Å²) in [4.78, 5) is 21.5. The third kappa shape index (κ3) is 4.84. The van der Waals surface area contributed by atoms with Gasteiger partial charge in [-0.25, -0.2) is 4.98 Å². The minimum atomic E-state index is -0.130. The molecule has 0 spiro atoms. The molecule has 3 heterocycles. The van der Waals surface area contributed by atoms with E-state index in [0.29, 0.717) is 24.8 Å². The lowest BCUT2D eigenvalue weighted by Crippen LogP contribution is -2.34. The second-order valence-electron chi connectivity index (χ2n) is 8.69. The monoisotopic (exact) mass is 458 g/mol. The Morgan fingerprint density at radius 2 is 1.82 bits per heavy atom. The van der Waals surface area contributed by atoms with Crippen LogP contribution in [0.15, 0.2) is 71.9 Å². The number of ether oxygens (including phenoxy) is 2. The Morgan fingerprint density at radius 3 is 2.62 bits per heavy atom. The first kappa shape index (κ1) is 22.2. The minimum absolute atomic E-state index is 0.130. The minimum Gasteiger partial charge on any atom is -0.490 e. The molecule has 2 aromatic heterocycles. The van der Waals surface area contributed by atoms with Crippen LogP contribution in [-0.4, -0.2) is 39.1 Å². The number of H-pyrrole nitrogens is 1. The SMILES string of the molecule is CCOc1cc(CN2CCC(n3cnc4c(=O)[nH]ccc43)CC2)ccc1OCc1ccccc1. The number of pyridine rings is 1. The van der Waals surface area contributed by atoms with Crippen molar-refractivity contribution >= 4 is 11.0 Å². The van der Waals surface area contributed by atoms with Crippen LogP contribution >= 0.6 is 0 Å². The van der Waals surface area contributed by atoms with E-state index in [2.05, 4.69) is 43.7 Å². The van der Waals surface area contributed by atoms with Gasteiger partial charge in [-0.15, -0.1) is 0 Å². The highest BCUT2D eigenvalue weighted by Crippen LogP contribution is 2.31. The predicted molar refractivity (Wildman–Crippen MR) is 132 cm³/mol. The Balaban J connectivity index is 1.22. The molecule has 0 bridgehead atoms. The first-order chi connectivity index (χ1) is 16.7. The van der Waals surface area contributed by atoms with Crippen molar-refractivity contribution in [3.05, 3.63) is 88.6 Å². The fourth-order valence-corrected chi connectivity index (χ4v) is 4.65. The first-order valence-electron chi connectivity index (χ1n) is 11.9. The largest absolute Gasteiger partial charge is 0.490 e. The molecule has 0 radical (unpaired) electrons. The molecule has 1 fully saturated rings. The van der Waals surface area contributed by atoms with E-state index in [9.17, 15) is 4.79 Å². The summed E-state index contributed by atoms with van der Waals surface area (Å²) in [7, 11) is 0. The number of nitrogens with zero attached hydrogens (tertiary/aromatic N) is 3. The molecule has 4 aromatic rings. The molecule has 0 amide bonds. The van der Waals surface area contributed by atoms with Crippen molar-refractivity contribution in [1.82, 2.24) is 19.4 Å². The van der Waals surface area contributed by atoms with Gasteiger partial charge in [0.15, 0.2) is 17.0 Å². The highest BCUT2D eigenvalue weighted by atomic mass is 16.5. The number of piperidine rings is 1. The fourth-order valence-electron chi connectivity index (χ4n) is 4.65. The van der Waals surface area contributed by atoms with Gasteiger partial charge in [0.2, 0.25) is 0 Å². The topological polar surface area (TPSA) is 72.4 Å². The summed E-state index contributed by atoms with van der Waals surface area (Å²) in [6.45, 7) is 5.95. The average molecular weight is 459 g/mol. The number of aromatic amines is 1. The lowest BCUT2D eigenvalue weighted by Gasteiger charge is -2.33. The van der Waals surface area contributed by atoms with Gasteiger partial charge in [0, 0.05) is 31.9 Å². The zero-order valence-corrected chi connectivity index (χ0v) is 19.4. The first-order valence-corrected chi connectivity index (χ1v) is 11.9. The molecule has 7 nitrogen and oxygen atoms in total.